The molecule has 0 N–H and O–H groups in total. The van der Waals surface area contributed by atoms with Crippen LogP contribution in [0, 0.1) is 15.5 Å². The lowest BCUT2D eigenvalue weighted by molar-refractivity contribution is -0.384. The maximum atomic E-state index is 10.6. The largest absolute Gasteiger partial charge is 0.493 e. The first kappa shape index (κ1) is 15.7. The molecule has 6 nitrogen and oxygen atoms in total. The quantitative estimate of drug-likeness (QED) is 0.544. The van der Waals surface area contributed by atoms with Crippen LogP contribution >= 0.6 is 0 Å². The van der Waals surface area contributed by atoms with E-state index in [4.69, 9.17) is 9.47 Å². The van der Waals surface area contributed by atoms with Crippen LogP contribution in [0.4, 0.5) is 5.69 Å². The van der Waals surface area contributed by atoms with E-state index in [1.54, 1.807) is 12.1 Å². The van der Waals surface area contributed by atoms with Crippen LogP contribution in [0.15, 0.2) is 24.3 Å². The number of nitrogens with zero attached hydrogens (tertiary/aromatic N) is 2. The van der Waals surface area contributed by atoms with Crippen LogP contribution in [0.5, 0.6) is 5.75 Å². The Kier molecular flexibility index (Phi) is 5.14. The zero-order chi connectivity index (χ0) is 15.3. The lowest BCUT2D eigenvalue weighted by Crippen LogP contribution is -2.54. The summed E-state index contributed by atoms with van der Waals surface area (Å²) < 4.78 is 11.2. The minimum atomic E-state index is -0.411. The second-order valence-corrected chi connectivity index (χ2v) is 5.49. The molecule has 1 fully saturated rings. The Morgan fingerprint density at radius 3 is 2.33 bits per heavy atom. The highest BCUT2D eigenvalue weighted by Crippen LogP contribution is 2.30. The van der Waals surface area contributed by atoms with Crippen molar-refractivity contribution in [2.75, 3.05) is 39.5 Å². The van der Waals surface area contributed by atoms with Crippen molar-refractivity contribution < 1.29 is 14.4 Å². The fourth-order valence-corrected chi connectivity index (χ4v) is 2.43. The van der Waals surface area contributed by atoms with E-state index < -0.39 is 4.92 Å². The summed E-state index contributed by atoms with van der Waals surface area (Å²) >= 11 is 0. The summed E-state index contributed by atoms with van der Waals surface area (Å²) in [5.74, 6) is 0.659. The van der Waals surface area contributed by atoms with E-state index >= 15 is 0 Å². The Morgan fingerprint density at radius 1 is 1.29 bits per heavy atom. The van der Waals surface area contributed by atoms with Gasteiger partial charge >= 0.3 is 0 Å². The smallest absolute Gasteiger partial charge is 0.269 e. The molecule has 0 aromatic heterocycles. The molecule has 0 radical (unpaired) electrons. The van der Waals surface area contributed by atoms with E-state index in [0.29, 0.717) is 25.6 Å². The number of nitro benzene ring substituents is 1. The molecular formula is C15H22N2O4. The average Bonchev–Trinajstić information content (AvgIpc) is 2.46. The number of ether oxygens (including phenoxy) is 2. The van der Waals surface area contributed by atoms with Gasteiger partial charge in [0, 0.05) is 18.7 Å². The summed E-state index contributed by atoms with van der Waals surface area (Å²) in [4.78, 5) is 12.6. The fourth-order valence-electron chi connectivity index (χ4n) is 2.43. The third kappa shape index (κ3) is 3.92. The molecule has 116 valence electrons. The number of nitro groups is 1. The van der Waals surface area contributed by atoms with Gasteiger partial charge in [0.2, 0.25) is 0 Å². The molecule has 0 atom stereocenters. The fraction of sp³-hybridized carbons (Fsp3) is 0.600. The van der Waals surface area contributed by atoms with Crippen LogP contribution in [0.1, 0.15) is 13.8 Å². The van der Waals surface area contributed by atoms with Crippen molar-refractivity contribution in [3.05, 3.63) is 34.4 Å². The molecule has 1 aliphatic heterocycles. The van der Waals surface area contributed by atoms with Gasteiger partial charge in [-0.2, -0.15) is 0 Å². The van der Waals surface area contributed by atoms with Crippen molar-refractivity contribution >= 4 is 5.69 Å². The van der Waals surface area contributed by atoms with Gasteiger partial charge in [0.15, 0.2) is 0 Å². The first-order valence-corrected chi connectivity index (χ1v) is 7.26. The molecule has 1 aromatic carbocycles. The maximum absolute atomic E-state index is 10.6. The van der Waals surface area contributed by atoms with Crippen molar-refractivity contribution in [2.45, 2.75) is 13.8 Å². The third-order valence-electron chi connectivity index (χ3n) is 3.86. The normalized spacial score (nSPS) is 16.5. The molecule has 0 bridgehead atoms. The van der Waals surface area contributed by atoms with Crippen LogP contribution in [0.25, 0.3) is 0 Å². The highest BCUT2D eigenvalue weighted by Gasteiger charge is 2.40. The second kappa shape index (κ2) is 6.87. The van der Waals surface area contributed by atoms with Crippen molar-refractivity contribution in [1.29, 1.82) is 0 Å². The highest BCUT2D eigenvalue weighted by molar-refractivity contribution is 5.36. The molecule has 0 saturated carbocycles. The zero-order valence-electron chi connectivity index (χ0n) is 12.6. The second-order valence-electron chi connectivity index (χ2n) is 5.49. The Balaban J connectivity index is 1.92. The first-order chi connectivity index (χ1) is 10.1. The van der Waals surface area contributed by atoms with Gasteiger partial charge in [-0.3, -0.25) is 10.1 Å². The van der Waals surface area contributed by atoms with Crippen LogP contribution < -0.4 is 4.74 Å². The molecule has 0 amide bonds. The summed E-state index contributed by atoms with van der Waals surface area (Å²) in [6.07, 6.45) is 0. The summed E-state index contributed by atoms with van der Waals surface area (Å²) in [7, 11) is 0. The molecule has 6 heteroatoms. The van der Waals surface area contributed by atoms with E-state index in [1.807, 2.05) is 0 Å². The summed E-state index contributed by atoms with van der Waals surface area (Å²) in [6.45, 7) is 9.24. The molecule has 0 unspecified atom stereocenters. The van der Waals surface area contributed by atoms with E-state index in [0.717, 1.165) is 19.6 Å². The topological polar surface area (TPSA) is 64.8 Å². The van der Waals surface area contributed by atoms with Gasteiger partial charge in [0.05, 0.1) is 30.2 Å². The van der Waals surface area contributed by atoms with Crippen LogP contribution in [-0.2, 0) is 4.74 Å². The lowest BCUT2D eigenvalue weighted by Gasteiger charge is -2.43. The summed E-state index contributed by atoms with van der Waals surface area (Å²) in [6, 6.07) is 6.21. The summed E-state index contributed by atoms with van der Waals surface area (Å²) in [5, 5.41) is 10.6. The van der Waals surface area contributed by atoms with Gasteiger partial charge in [-0.25, -0.2) is 0 Å². The number of hydrogen-bond acceptors (Lipinski definition) is 5. The van der Waals surface area contributed by atoms with E-state index in [1.165, 1.54) is 12.1 Å². The Morgan fingerprint density at radius 2 is 1.90 bits per heavy atom. The molecule has 0 aliphatic carbocycles. The average molecular weight is 294 g/mol. The molecular weight excluding hydrogens is 272 g/mol. The molecule has 1 saturated heterocycles. The SMILES string of the molecule is CCN(CC)CC1(COc2ccc([N+](=O)[O-])cc2)COC1. The van der Waals surface area contributed by atoms with Crippen molar-refractivity contribution in [1.82, 2.24) is 4.90 Å². The highest BCUT2D eigenvalue weighted by atomic mass is 16.6. The predicted octanol–water partition coefficient (Wildman–Crippen LogP) is 2.33. The van der Waals surface area contributed by atoms with E-state index in [9.17, 15) is 10.1 Å². The van der Waals surface area contributed by atoms with Gasteiger partial charge in [0.1, 0.15) is 5.75 Å². The van der Waals surface area contributed by atoms with E-state index in [-0.39, 0.29) is 11.1 Å². The Hall–Kier alpha value is -1.66. The van der Waals surface area contributed by atoms with Crippen LogP contribution in [0.3, 0.4) is 0 Å². The maximum Gasteiger partial charge on any atom is 0.269 e. The van der Waals surface area contributed by atoms with Gasteiger partial charge in [-0.05, 0) is 25.2 Å². The van der Waals surface area contributed by atoms with Crippen molar-refractivity contribution in [3.63, 3.8) is 0 Å². The minimum absolute atomic E-state index is 0.0355. The van der Waals surface area contributed by atoms with Crippen molar-refractivity contribution in [2.24, 2.45) is 5.41 Å². The van der Waals surface area contributed by atoms with Crippen LogP contribution in [0.2, 0.25) is 0 Å². The minimum Gasteiger partial charge on any atom is -0.493 e. The van der Waals surface area contributed by atoms with Gasteiger partial charge in [-0.1, -0.05) is 13.8 Å². The van der Waals surface area contributed by atoms with Crippen molar-refractivity contribution in [3.8, 4) is 5.75 Å². The Bertz CT molecular complexity index is 467. The number of benzene rings is 1. The summed E-state index contributed by atoms with van der Waals surface area (Å²) in [5.41, 5.74) is 0.112. The molecule has 1 aliphatic rings. The van der Waals surface area contributed by atoms with Crippen LogP contribution in [-0.4, -0.2) is 49.3 Å². The third-order valence-corrected chi connectivity index (χ3v) is 3.86. The molecule has 2 rings (SSSR count). The predicted molar refractivity (Wildman–Crippen MR) is 79.6 cm³/mol. The number of non-ortho nitro benzene ring substituents is 1. The first-order valence-electron chi connectivity index (χ1n) is 7.26. The number of hydrogen-bond donors (Lipinski definition) is 0. The zero-order valence-corrected chi connectivity index (χ0v) is 12.6. The molecule has 1 aromatic rings. The molecule has 1 heterocycles. The molecule has 0 spiro atoms. The number of rotatable bonds is 8. The standard InChI is InChI=1S/C15H22N2O4/c1-3-16(4-2)9-15(10-20-11-15)12-21-14-7-5-13(6-8-14)17(18)19/h5-8H,3-4,9-12H2,1-2H3. The van der Waals surface area contributed by atoms with Gasteiger partial charge in [-0.15, -0.1) is 0 Å². The van der Waals surface area contributed by atoms with E-state index in [2.05, 4.69) is 18.7 Å². The monoisotopic (exact) mass is 294 g/mol. The van der Waals surface area contributed by atoms with Gasteiger partial charge in [0.25, 0.3) is 5.69 Å². The molecule has 21 heavy (non-hydrogen) atoms. The Labute approximate surface area is 124 Å². The lowest BCUT2D eigenvalue weighted by atomic mass is 9.86. The van der Waals surface area contributed by atoms with Gasteiger partial charge < -0.3 is 14.4 Å².